The minimum atomic E-state index is 0.384. The topological polar surface area (TPSA) is 52.3 Å². The van der Waals surface area contributed by atoms with Crippen LogP contribution in [0.4, 0.5) is 0 Å². The van der Waals surface area contributed by atoms with E-state index in [4.69, 9.17) is 4.84 Å². The summed E-state index contributed by atoms with van der Waals surface area (Å²) in [5, 5.41) is 12.6. The molecule has 14 heavy (non-hydrogen) atoms. The van der Waals surface area contributed by atoms with Crippen LogP contribution in [0.1, 0.15) is 25.5 Å². The quantitative estimate of drug-likeness (QED) is 0.703. The van der Waals surface area contributed by atoms with Crippen LogP contribution in [0.3, 0.4) is 0 Å². The molecule has 0 radical (unpaired) electrons. The normalized spacial score (nSPS) is 16.6. The van der Waals surface area contributed by atoms with Crippen molar-refractivity contribution in [3.05, 3.63) is 11.9 Å². The van der Waals surface area contributed by atoms with Gasteiger partial charge in [-0.25, -0.2) is 0 Å². The molecule has 0 fully saturated rings. The van der Waals surface area contributed by atoms with Crippen molar-refractivity contribution in [3.8, 4) is 0 Å². The van der Waals surface area contributed by atoms with Crippen molar-refractivity contribution >= 4 is 16.9 Å². The van der Waals surface area contributed by atoms with Crippen LogP contribution in [0.5, 0.6) is 0 Å². The average Bonchev–Trinajstić information content (AvgIpc) is 2.67. The fraction of sp³-hybridized carbons (Fsp3) is 0.625. The van der Waals surface area contributed by atoms with Gasteiger partial charge in [0.15, 0.2) is 0 Å². The minimum absolute atomic E-state index is 0.384. The number of thioether (sulfide) groups is 1. The molecular formula is C8H12N4OS. The predicted octanol–water partition coefficient (Wildman–Crippen LogP) is 1.28. The van der Waals surface area contributed by atoms with Gasteiger partial charge in [0.05, 0.1) is 11.9 Å². The molecule has 0 aromatic carbocycles. The summed E-state index contributed by atoms with van der Waals surface area (Å²) in [6, 6.07) is 0. The second-order valence-electron chi connectivity index (χ2n) is 3.28. The van der Waals surface area contributed by atoms with Crippen LogP contribution in [0, 0.1) is 0 Å². The van der Waals surface area contributed by atoms with E-state index in [1.165, 1.54) is 0 Å². The van der Waals surface area contributed by atoms with Crippen molar-refractivity contribution in [2.75, 3.05) is 12.4 Å². The molecule has 2 rings (SSSR count). The molecule has 1 aromatic rings. The molecule has 1 aliphatic rings. The van der Waals surface area contributed by atoms with Gasteiger partial charge in [0.1, 0.15) is 6.61 Å². The molecule has 0 unspecified atom stereocenters. The van der Waals surface area contributed by atoms with E-state index >= 15 is 0 Å². The molecule has 0 N–H and O–H groups in total. The Morgan fingerprint density at radius 2 is 2.43 bits per heavy atom. The van der Waals surface area contributed by atoms with Crippen LogP contribution in [0.2, 0.25) is 0 Å². The zero-order valence-electron chi connectivity index (χ0n) is 8.17. The lowest BCUT2D eigenvalue weighted by molar-refractivity contribution is 0.158. The van der Waals surface area contributed by atoms with Crippen molar-refractivity contribution in [1.82, 2.24) is 15.0 Å². The van der Waals surface area contributed by atoms with Gasteiger partial charge in [-0.2, -0.15) is 4.68 Å². The highest BCUT2D eigenvalue weighted by Crippen LogP contribution is 2.17. The van der Waals surface area contributed by atoms with E-state index in [1.807, 2.05) is 0 Å². The lowest BCUT2D eigenvalue weighted by atomic mass is 10.1. The Morgan fingerprint density at radius 3 is 3.07 bits per heavy atom. The SMILES string of the molecule is CC(C)c1cnnn1C1=NOCCS1. The Labute approximate surface area is 86.5 Å². The second kappa shape index (κ2) is 4.00. The highest BCUT2D eigenvalue weighted by atomic mass is 32.2. The van der Waals surface area contributed by atoms with Crippen LogP contribution < -0.4 is 0 Å². The minimum Gasteiger partial charge on any atom is -0.393 e. The third-order valence-electron chi connectivity index (χ3n) is 1.90. The fourth-order valence-electron chi connectivity index (χ4n) is 1.18. The smallest absolute Gasteiger partial charge is 0.229 e. The van der Waals surface area contributed by atoms with Crippen LogP contribution in [-0.2, 0) is 4.84 Å². The highest BCUT2D eigenvalue weighted by Gasteiger charge is 2.16. The van der Waals surface area contributed by atoms with E-state index in [9.17, 15) is 0 Å². The lowest BCUT2D eigenvalue weighted by Crippen LogP contribution is -2.19. The summed E-state index contributed by atoms with van der Waals surface area (Å²) in [6.45, 7) is 4.87. The van der Waals surface area contributed by atoms with Crippen molar-refractivity contribution in [2.45, 2.75) is 19.8 Å². The summed E-state index contributed by atoms with van der Waals surface area (Å²) in [6.07, 6.45) is 1.77. The molecule has 0 amide bonds. The molecule has 1 aromatic heterocycles. The number of hydrogen-bond donors (Lipinski definition) is 0. The third-order valence-corrected chi connectivity index (χ3v) is 2.77. The van der Waals surface area contributed by atoms with Crippen molar-refractivity contribution in [1.29, 1.82) is 0 Å². The van der Waals surface area contributed by atoms with Crippen LogP contribution in [0.25, 0.3) is 0 Å². The van der Waals surface area contributed by atoms with Gasteiger partial charge in [0.25, 0.3) is 0 Å². The molecule has 0 spiro atoms. The van der Waals surface area contributed by atoms with Gasteiger partial charge >= 0.3 is 0 Å². The number of aromatic nitrogens is 3. The molecule has 6 heteroatoms. The first-order valence-corrected chi connectivity index (χ1v) is 5.51. The monoisotopic (exact) mass is 212 g/mol. The Kier molecular flexibility index (Phi) is 2.72. The van der Waals surface area contributed by atoms with Gasteiger partial charge in [-0.05, 0) is 5.92 Å². The molecule has 2 heterocycles. The molecule has 76 valence electrons. The van der Waals surface area contributed by atoms with E-state index in [0.717, 1.165) is 16.6 Å². The largest absolute Gasteiger partial charge is 0.393 e. The number of nitrogens with zero attached hydrogens (tertiary/aromatic N) is 4. The van der Waals surface area contributed by atoms with Crippen LogP contribution in [0.15, 0.2) is 11.4 Å². The molecule has 5 nitrogen and oxygen atoms in total. The highest BCUT2D eigenvalue weighted by molar-refractivity contribution is 8.13. The second-order valence-corrected chi connectivity index (χ2v) is 4.34. The zero-order chi connectivity index (χ0) is 9.97. The van der Waals surface area contributed by atoms with Gasteiger partial charge < -0.3 is 4.84 Å². The third kappa shape index (κ3) is 1.75. The summed E-state index contributed by atoms with van der Waals surface area (Å²) in [5.74, 6) is 1.30. The number of rotatable bonds is 1. The van der Waals surface area contributed by atoms with E-state index in [2.05, 4.69) is 29.3 Å². The standard InChI is InChI=1S/C8H12N4OS/c1-6(2)7-5-9-11-12(7)8-10-13-3-4-14-8/h5-6H,3-4H2,1-2H3. The first-order valence-electron chi connectivity index (χ1n) is 4.53. The van der Waals surface area contributed by atoms with Crippen LogP contribution >= 0.6 is 11.8 Å². The van der Waals surface area contributed by atoms with E-state index in [0.29, 0.717) is 12.5 Å². The predicted molar refractivity (Wildman–Crippen MR) is 55.4 cm³/mol. The summed E-state index contributed by atoms with van der Waals surface area (Å²) in [7, 11) is 0. The molecular weight excluding hydrogens is 200 g/mol. The van der Waals surface area contributed by atoms with Gasteiger partial charge in [-0.15, -0.1) is 5.10 Å². The number of hydrogen-bond acceptors (Lipinski definition) is 5. The average molecular weight is 212 g/mol. The van der Waals surface area contributed by atoms with Gasteiger partial charge in [0.2, 0.25) is 5.17 Å². The van der Waals surface area contributed by atoms with Crippen molar-refractivity contribution in [3.63, 3.8) is 0 Å². The lowest BCUT2D eigenvalue weighted by Gasteiger charge is -2.13. The van der Waals surface area contributed by atoms with Gasteiger partial charge in [-0.1, -0.05) is 36.0 Å². The van der Waals surface area contributed by atoms with E-state index < -0.39 is 0 Å². The Hall–Kier alpha value is -1.04. The van der Waals surface area contributed by atoms with Crippen molar-refractivity contribution in [2.24, 2.45) is 5.16 Å². The zero-order valence-corrected chi connectivity index (χ0v) is 8.99. The first-order chi connectivity index (χ1) is 6.79. The van der Waals surface area contributed by atoms with Crippen molar-refractivity contribution < 1.29 is 4.84 Å². The van der Waals surface area contributed by atoms with E-state index in [1.54, 1.807) is 22.6 Å². The maximum absolute atomic E-state index is 5.02. The van der Waals surface area contributed by atoms with Gasteiger partial charge in [0, 0.05) is 5.75 Å². The molecule has 0 bridgehead atoms. The summed E-state index contributed by atoms with van der Waals surface area (Å²) >= 11 is 1.64. The summed E-state index contributed by atoms with van der Waals surface area (Å²) in [4.78, 5) is 5.02. The maximum Gasteiger partial charge on any atom is 0.229 e. The van der Waals surface area contributed by atoms with Crippen LogP contribution in [-0.4, -0.2) is 32.5 Å². The first kappa shape index (κ1) is 9.51. The van der Waals surface area contributed by atoms with Gasteiger partial charge in [-0.3, -0.25) is 0 Å². The molecule has 0 saturated carbocycles. The molecule has 0 saturated heterocycles. The summed E-state index contributed by atoms with van der Waals surface area (Å²) in [5.41, 5.74) is 1.06. The molecule has 1 aliphatic heterocycles. The fourth-order valence-corrected chi connectivity index (χ4v) is 1.89. The molecule has 0 atom stereocenters. The Balaban J connectivity index is 2.30. The summed E-state index contributed by atoms with van der Waals surface area (Å²) < 4.78 is 1.74. The number of oxime groups is 1. The Bertz CT molecular complexity index is 347. The maximum atomic E-state index is 5.02. The van der Waals surface area contributed by atoms with E-state index in [-0.39, 0.29) is 0 Å². The Morgan fingerprint density at radius 1 is 1.57 bits per heavy atom. The molecule has 0 aliphatic carbocycles.